The molecule has 0 radical (unpaired) electrons. The van der Waals surface area contributed by atoms with Crippen molar-refractivity contribution >= 4 is 0 Å². The van der Waals surface area contributed by atoms with E-state index in [1.165, 1.54) is 0 Å². The fourth-order valence-corrected chi connectivity index (χ4v) is 0.875. The predicted octanol–water partition coefficient (Wildman–Crippen LogP) is 1.53. The van der Waals surface area contributed by atoms with Gasteiger partial charge in [0, 0.05) is 6.61 Å². The minimum Gasteiger partial charge on any atom is -0.380 e. The van der Waals surface area contributed by atoms with Crippen molar-refractivity contribution in [2.24, 2.45) is 0 Å². The number of ether oxygens (including phenoxy) is 2. The molecule has 0 saturated carbocycles. The van der Waals surface area contributed by atoms with Crippen LogP contribution < -0.4 is 5.32 Å². The fourth-order valence-electron chi connectivity index (χ4n) is 0.875. The van der Waals surface area contributed by atoms with Gasteiger partial charge in [-0.3, -0.25) is 0 Å². The van der Waals surface area contributed by atoms with Gasteiger partial charge in [-0.2, -0.15) is 8.78 Å². The average molecular weight is 247 g/mol. The van der Waals surface area contributed by atoms with E-state index >= 15 is 0 Å². The van der Waals surface area contributed by atoms with Crippen molar-refractivity contribution in [1.82, 2.24) is 5.32 Å². The lowest BCUT2D eigenvalue weighted by atomic mass is 10.3. The zero-order valence-corrected chi connectivity index (χ0v) is 9.31. The van der Waals surface area contributed by atoms with Gasteiger partial charge >= 0.3 is 12.3 Å². The highest BCUT2D eigenvalue weighted by molar-refractivity contribution is 4.69. The molecule has 0 aliphatic rings. The Morgan fingerprint density at radius 3 is 2.19 bits per heavy atom. The Morgan fingerprint density at radius 1 is 1.19 bits per heavy atom. The summed E-state index contributed by atoms with van der Waals surface area (Å²) in [6.45, 7) is 1.19. The Labute approximate surface area is 92.1 Å². The Hall–Kier alpha value is -0.400. The first-order valence-corrected chi connectivity index (χ1v) is 4.92. The predicted molar refractivity (Wildman–Crippen MR) is 51.1 cm³/mol. The van der Waals surface area contributed by atoms with Gasteiger partial charge in [0.05, 0.1) is 19.3 Å². The molecule has 0 spiro atoms. The molecule has 0 bridgehead atoms. The topological polar surface area (TPSA) is 30.5 Å². The minimum absolute atomic E-state index is 0.0984. The number of hydrogen-bond donors (Lipinski definition) is 1. The van der Waals surface area contributed by atoms with Gasteiger partial charge in [-0.15, -0.1) is 0 Å². The number of hydrogen-bond acceptors (Lipinski definition) is 3. The lowest BCUT2D eigenvalue weighted by Crippen LogP contribution is -2.38. The van der Waals surface area contributed by atoms with E-state index in [0.717, 1.165) is 0 Å². The van der Waals surface area contributed by atoms with Gasteiger partial charge in [0.1, 0.15) is 6.61 Å². The van der Waals surface area contributed by atoms with E-state index < -0.39 is 19.0 Å². The molecule has 98 valence electrons. The van der Waals surface area contributed by atoms with Gasteiger partial charge in [0.25, 0.3) is 0 Å². The summed E-state index contributed by atoms with van der Waals surface area (Å²) < 4.78 is 57.9. The molecule has 0 amide bonds. The van der Waals surface area contributed by atoms with Crippen LogP contribution in [-0.4, -0.2) is 51.9 Å². The third-order valence-corrected chi connectivity index (χ3v) is 1.86. The van der Waals surface area contributed by atoms with Crippen LogP contribution in [0.5, 0.6) is 0 Å². The molecular formula is C9H17F4NO2. The van der Waals surface area contributed by atoms with Crippen molar-refractivity contribution in [3.8, 4) is 0 Å². The van der Waals surface area contributed by atoms with Gasteiger partial charge in [-0.1, -0.05) is 0 Å². The Balaban J connectivity index is 3.77. The summed E-state index contributed by atoms with van der Waals surface area (Å²) in [5, 5.41) is 2.77. The van der Waals surface area contributed by atoms with Crippen LogP contribution in [0.2, 0.25) is 0 Å². The molecule has 0 aromatic heterocycles. The van der Waals surface area contributed by atoms with E-state index in [1.807, 2.05) is 0 Å². The summed E-state index contributed by atoms with van der Waals surface area (Å²) in [5.41, 5.74) is 0. The minimum atomic E-state index is -4.09. The molecule has 0 fully saturated rings. The van der Waals surface area contributed by atoms with Gasteiger partial charge in [0.2, 0.25) is 0 Å². The largest absolute Gasteiger partial charge is 0.380 e. The quantitative estimate of drug-likeness (QED) is 0.627. The molecule has 0 saturated heterocycles. The van der Waals surface area contributed by atoms with Crippen molar-refractivity contribution < 1.29 is 27.0 Å². The molecule has 7 heteroatoms. The third kappa shape index (κ3) is 6.24. The molecule has 0 aliphatic carbocycles. The maximum absolute atomic E-state index is 12.4. The molecular weight excluding hydrogens is 230 g/mol. The first-order chi connectivity index (χ1) is 7.44. The second kappa shape index (κ2) is 7.81. The fraction of sp³-hybridized carbons (Fsp3) is 1.00. The summed E-state index contributed by atoms with van der Waals surface area (Å²) in [7, 11) is 1.61. The number of rotatable bonds is 9. The molecule has 16 heavy (non-hydrogen) atoms. The van der Waals surface area contributed by atoms with Crippen molar-refractivity contribution in [3.05, 3.63) is 0 Å². The van der Waals surface area contributed by atoms with Crippen LogP contribution in [0.4, 0.5) is 17.6 Å². The number of halogens is 4. The lowest BCUT2D eigenvalue weighted by Gasteiger charge is -2.19. The van der Waals surface area contributed by atoms with Gasteiger partial charge in [-0.25, -0.2) is 8.78 Å². The van der Waals surface area contributed by atoms with E-state index in [9.17, 15) is 17.6 Å². The zero-order valence-electron chi connectivity index (χ0n) is 9.31. The van der Waals surface area contributed by atoms with E-state index in [4.69, 9.17) is 4.74 Å². The standard InChI is InChI=1S/C9H17F4NO2/c1-3-15-4-7(14-2)5-16-6-9(12,13)8(10)11/h7-8,14H,3-6H2,1-2H3. The van der Waals surface area contributed by atoms with E-state index in [0.29, 0.717) is 6.61 Å². The smallest absolute Gasteiger partial charge is 0.330 e. The van der Waals surface area contributed by atoms with E-state index in [-0.39, 0.29) is 19.3 Å². The first-order valence-electron chi connectivity index (χ1n) is 4.92. The second-order valence-corrected chi connectivity index (χ2v) is 3.22. The Morgan fingerprint density at radius 2 is 1.75 bits per heavy atom. The van der Waals surface area contributed by atoms with E-state index in [1.54, 1.807) is 14.0 Å². The van der Waals surface area contributed by atoms with Crippen LogP contribution in [0.15, 0.2) is 0 Å². The highest BCUT2D eigenvalue weighted by Gasteiger charge is 2.41. The van der Waals surface area contributed by atoms with E-state index in [2.05, 4.69) is 10.1 Å². The maximum atomic E-state index is 12.4. The third-order valence-electron chi connectivity index (χ3n) is 1.86. The number of alkyl halides is 4. The second-order valence-electron chi connectivity index (χ2n) is 3.22. The van der Waals surface area contributed by atoms with Gasteiger partial charge in [-0.05, 0) is 14.0 Å². The van der Waals surface area contributed by atoms with Crippen molar-refractivity contribution in [1.29, 1.82) is 0 Å². The summed E-state index contributed by atoms with van der Waals surface area (Å²) in [6.07, 6.45) is -3.70. The maximum Gasteiger partial charge on any atom is 0.330 e. The van der Waals surface area contributed by atoms with Crippen LogP contribution >= 0.6 is 0 Å². The zero-order chi connectivity index (χ0) is 12.6. The Kier molecular flexibility index (Phi) is 7.61. The lowest BCUT2D eigenvalue weighted by molar-refractivity contribution is -0.167. The molecule has 0 rings (SSSR count). The SMILES string of the molecule is CCOCC(COCC(F)(F)C(F)F)NC. The van der Waals surface area contributed by atoms with Crippen LogP contribution in [0, 0.1) is 0 Å². The highest BCUT2D eigenvalue weighted by Crippen LogP contribution is 2.22. The summed E-state index contributed by atoms with van der Waals surface area (Å²) >= 11 is 0. The van der Waals surface area contributed by atoms with Crippen LogP contribution in [0.1, 0.15) is 6.92 Å². The number of nitrogens with one attached hydrogen (secondary N) is 1. The van der Waals surface area contributed by atoms with Crippen LogP contribution in [-0.2, 0) is 9.47 Å². The first kappa shape index (κ1) is 15.6. The normalized spacial score (nSPS) is 14.4. The van der Waals surface area contributed by atoms with Gasteiger partial charge < -0.3 is 14.8 Å². The molecule has 0 heterocycles. The number of likely N-dealkylation sites (N-methyl/N-ethyl adjacent to an activating group) is 1. The van der Waals surface area contributed by atoms with Gasteiger partial charge in [0.15, 0.2) is 0 Å². The van der Waals surface area contributed by atoms with Crippen molar-refractivity contribution in [2.45, 2.75) is 25.3 Å². The summed E-state index contributed by atoms with van der Waals surface area (Å²) in [4.78, 5) is 0. The molecule has 0 aromatic rings. The molecule has 3 nitrogen and oxygen atoms in total. The molecule has 1 unspecified atom stereocenters. The highest BCUT2D eigenvalue weighted by atomic mass is 19.3. The Bertz CT molecular complexity index is 181. The monoisotopic (exact) mass is 247 g/mol. The molecule has 1 N–H and O–H groups in total. The average Bonchev–Trinajstić information content (AvgIpc) is 2.22. The summed E-state index contributed by atoms with van der Waals surface area (Å²) in [5.74, 6) is -4.09. The van der Waals surface area contributed by atoms with Crippen molar-refractivity contribution in [2.75, 3.05) is 33.5 Å². The molecule has 1 atom stereocenters. The van der Waals surface area contributed by atoms with Crippen LogP contribution in [0.25, 0.3) is 0 Å². The van der Waals surface area contributed by atoms with Crippen molar-refractivity contribution in [3.63, 3.8) is 0 Å². The molecule has 0 aliphatic heterocycles. The molecule has 0 aromatic carbocycles. The van der Waals surface area contributed by atoms with Crippen LogP contribution in [0.3, 0.4) is 0 Å². The summed E-state index contributed by atoms with van der Waals surface area (Å²) in [6, 6.07) is -0.284.